The Bertz CT molecular complexity index is 1700. The Kier molecular flexibility index (Phi) is 4.63. The summed E-state index contributed by atoms with van der Waals surface area (Å²) < 4.78 is 2.42. The van der Waals surface area contributed by atoms with Gasteiger partial charge in [0.1, 0.15) is 0 Å². The lowest BCUT2D eigenvalue weighted by Gasteiger charge is -2.14. The topological polar surface area (TPSA) is 17.3 Å². The lowest BCUT2D eigenvalue weighted by atomic mass is 9.98. The van der Waals surface area contributed by atoms with Gasteiger partial charge in [0.25, 0.3) is 0 Å². The van der Waals surface area contributed by atoms with E-state index in [1.54, 1.807) is 0 Å². The lowest BCUT2D eigenvalue weighted by Crippen LogP contribution is -2.03. The van der Waals surface area contributed by atoms with Crippen LogP contribution in [0.1, 0.15) is 22.3 Å². The third-order valence-corrected chi connectivity index (χ3v) is 7.07. The van der Waals surface area contributed by atoms with Crippen LogP contribution >= 0.6 is 0 Å². The summed E-state index contributed by atoms with van der Waals surface area (Å²) in [6, 6.07) is 43.5. The molecule has 0 saturated carbocycles. The van der Waals surface area contributed by atoms with Crippen molar-refractivity contribution in [1.82, 2.24) is 4.57 Å². The molecule has 0 unspecified atom stereocenters. The fraction of sp³-hybridized carbons (Fsp3) is 0.0606. The zero-order valence-corrected chi connectivity index (χ0v) is 19.4. The first-order chi connectivity index (χ1) is 17.3. The number of rotatable bonds is 4. The Balaban J connectivity index is 1.31. The Morgan fingerprint density at radius 1 is 0.629 bits per heavy atom. The van der Waals surface area contributed by atoms with Gasteiger partial charge >= 0.3 is 0 Å². The van der Waals surface area contributed by atoms with Crippen molar-refractivity contribution in [3.8, 4) is 5.69 Å². The minimum atomic E-state index is 0.866. The molecule has 0 atom stereocenters. The fourth-order valence-electron chi connectivity index (χ4n) is 5.44. The van der Waals surface area contributed by atoms with Crippen LogP contribution in [0.5, 0.6) is 0 Å². The van der Waals surface area contributed by atoms with Gasteiger partial charge in [0.2, 0.25) is 0 Å². The number of hydrogen-bond donors (Lipinski definition) is 0. The second kappa shape index (κ2) is 8.11. The van der Waals surface area contributed by atoms with Gasteiger partial charge in [0.05, 0.1) is 22.4 Å². The minimum Gasteiger partial charge on any atom is -0.309 e. The molecule has 0 spiro atoms. The van der Waals surface area contributed by atoms with Gasteiger partial charge in [-0.15, -0.1) is 0 Å². The van der Waals surface area contributed by atoms with Crippen LogP contribution in [0.25, 0.3) is 27.5 Å². The zero-order valence-electron chi connectivity index (χ0n) is 19.4. The Morgan fingerprint density at radius 3 is 2.11 bits per heavy atom. The van der Waals surface area contributed by atoms with E-state index in [1.165, 1.54) is 49.7 Å². The van der Waals surface area contributed by atoms with Crippen LogP contribution in [0, 0.1) is 0 Å². The molecule has 1 aliphatic rings. The normalized spacial score (nSPS) is 12.7. The summed E-state index contributed by atoms with van der Waals surface area (Å²) in [5.41, 5.74) is 11.1. The van der Waals surface area contributed by atoms with Crippen LogP contribution in [0.3, 0.4) is 0 Å². The Morgan fingerprint density at radius 2 is 1.31 bits per heavy atom. The maximum atomic E-state index is 4.91. The minimum absolute atomic E-state index is 0.866. The molecule has 2 heteroatoms. The van der Waals surface area contributed by atoms with Crippen molar-refractivity contribution < 1.29 is 0 Å². The molecule has 166 valence electrons. The standard InChI is InChI=1S/C33H24N2/c1-5-16-29-25(11-1)22-30(34-29)24-13-9-10-23(20-24)21-26-12-2-6-17-31(26)35-32-18-7-3-14-27(32)28-15-4-8-19-33(28)35/h1-20H,21-22H2. The van der Waals surface area contributed by atoms with Crippen LogP contribution in [0.4, 0.5) is 5.69 Å². The monoisotopic (exact) mass is 448 g/mol. The maximum absolute atomic E-state index is 4.91. The fourth-order valence-corrected chi connectivity index (χ4v) is 5.44. The summed E-state index contributed by atoms with van der Waals surface area (Å²) >= 11 is 0. The van der Waals surface area contributed by atoms with Crippen molar-refractivity contribution >= 4 is 33.2 Å². The number of nitrogens with zero attached hydrogens (tertiary/aromatic N) is 2. The molecule has 2 nitrogen and oxygen atoms in total. The molecule has 0 bridgehead atoms. The third kappa shape index (κ3) is 3.38. The van der Waals surface area contributed by atoms with E-state index in [0.717, 1.165) is 24.2 Å². The molecule has 35 heavy (non-hydrogen) atoms. The molecule has 0 amide bonds. The van der Waals surface area contributed by atoms with Crippen LogP contribution in [0.15, 0.2) is 126 Å². The van der Waals surface area contributed by atoms with Gasteiger partial charge in [-0.05, 0) is 59.0 Å². The SMILES string of the molecule is c1cc(Cc2ccccc2-n2c3ccccc3c3ccccc32)cc(C2=Nc3ccccc3C2)c1. The van der Waals surface area contributed by atoms with E-state index in [-0.39, 0.29) is 0 Å². The number of hydrogen-bond acceptors (Lipinski definition) is 1. The molecule has 0 N–H and O–H groups in total. The van der Waals surface area contributed by atoms with E-state index in [4.69, 9.17) is 4.99 Å². The average molecular weight is 449 g/mol. The van der Waals surface area contributed by atoms with Gasteiger partial charge in [-0.2, -0.15) is 0 Å². The van der Waals surface area contributed by atoms with Crippen LogP contribution in [0.2, 0.25) is 0 Å². The molecular formula is C33H24N2. The first-order valence-electron chi connectivity index (χ1n) is 12.2. The van der Waals surface area contributed by atoms with E-state index in [2.05, 4.69) is 126 Å². The van der Waals surface area contributed by atoms with Crippen molar-refractivity contribution in [1.29, 1.82) is 0 Å². The van der Waals surface area contributed by atoms with Crippen LogP contribution in [-0.2, 0) is 12.8 Å². The summed E-state index contributed by atoms with van der Waals surface area (Å²) in [6.45, 7) is 0. The van der Waals surface area contributed by atoms with Crippen LogP contribution in [-0.4, -0.2) is 10.3 Å². The summed E-state index contributed by atoms with van der Waals surface area (Å²) in [6.07, 6.45) is 1.77. The van der Waals surface area contributed by atoms with E-state index in [1.807, 2.05) is 0 Å². The highest BCUT2D eigenvalue weighted by Crippen LogP contribution is 2.34. The van der Waals surface area contributed by atoms with Gasteiger partial charge in [-0.3, -0.25) is 4.99 Å². The summed E-state index contributed by atoms with van der Waals surface area (Å²) in [5, 5.41) is 2.58. The van der Waals surface area contributed by atoms with Crippen molar-refractivity contribution in [2.75, 3.05) is 0 Å². The molecule has 1 aromatic heterocycles. The summed E-state index contributed by atoms with van der Waals surface area (Å²) in [5.74, 6) is 0. The summed E-state index contributed by atoms with van der Waals surface area (Å²) in [4.78, 5) is 4.91. The van der Waals surface area contributed by atoms with E-state index in [9.17, 15) is 0 Å². The van der Waals surface area contributed by atoms with E-state index in [0.29, 0.717) is 0 Å². The van der Waals surface area contributed by atoms with Crippen molar-refractivity contribution in [2.45, 2.75) is 12.8 Å². The van der Waals surface area contributed by atoms with E-state index < -0.39 is 0 Å². The highest BCUT2D eigenvalue weighted by molar-refractivity contribution is 6.09. The first-order valence-corrected chi connectivity index (χ1v) is 12.2. The highest BCUT2D eigenvalue weighted by Gasteiger charge is 2.17. The smallest absolute Gasteiger partial charge is 0.0669 e. The molecule has 0 saturated heterocycles. The molecule has 0 radical (unpaired) electrons. The van der Waals surface area contributed by atoms with Gasteiger partial charge in [0.15, 0.2) is 0 Å². The number of aliphatic imine (C=N–C) groups is 1. The quantitative estimate of drug-likeness (QED) is 0.260. The van der Waals surface area contributed by atoms with Gasteiger partial charge < -0.3 is 4.57 Å². The number of benzene rings is 5. The predicted octanol–water partition coefficient (Wildman–Crippen LogP) is 8.05. The molecule has 1 aliphatic heterocycles. The number of para-hydroxylation sites is 4. The zero-order chi connectivity index (χ0) is 23.2. The third-order valence-electron chi connectivity index (χ3n) is 7.07. The van der Waals surface area contributed by atoms with Gasteiger partial charge in [-0.25, -0.2) is 0 Å². The molecule has 0 aliphatic carbocycles. The van der Waals surface area contributed by atoms with Gasteiger partial charge in [0, 0.05) is 22.9 Å². The maximum Gasteiger partial charge on any atom is 0.0669 e. The summed E-state index contributed by atoms with van der Waals surface area (Å²) in [7, 11) is 0. The molecule has 0 fully saturated rings. The molecular weight excluding hydrogens is 424 g/mol. The van der Waals surface area contributed by atoms with Crippen LogP contribution < -0.4 is 0 Å². The lowest BCUT2D eigenvalue weighted by molar-refractivity contribution is 1.09. The Hall–Kier alpha value is -4.43. The second-order valence-corrected chi connectivity index (χ2v) is 9.24. The Labute approximate surface area is 204 Å². The van der Waals surface area contributed by atoms with Crippen molar-refractivity contribution in [3.63, 3.8) is 0 Å². The first kappa shape index (κ1) is 20.0. The number of fused-ring (bicyclic) bond motifs is 4. The molecule has 7 rings (SSSR count). The highest BCUT2D eigenvalue weighted by atomic mass is 15.0. The van der Waals surface area contributed by atoms with Gasteiger partial charge in [-0.1, -0.05) is 91.0 Å². The molecule has 6 aromatic rings. The number of aromatic nitrogens is 1. The van der Waals surface area contributed by atoms with E-state index >= 15 is 0 Å². The van der Waals surface area contributed by atoms with Crippen molar-refractivity contribution in [2.24, 2.45) is 4.99 Å². The predicted molar refractivity (Wildman–Crippen MR) is 146 cm³/mol. The second-order valence-electron chi connectivity index (χ2n) is 9.24. The van der Waals surface area contributed by atoms with Crippen molar-refractivity contribution in [3.05, 3.63) is 144 Å². The molecule has 5 aromatic carbocycles. The largest absolute Gasteiger partial charge is 0.309 e. The average Bonchev–Trinajstić information content (AvgIpc) is 3.49. The molecule has 2 heterocycles.